The first-order valence-electron chi connectivity index (χ1n) is 2.50. The summed E-state index contributed by atoms with van der Waals surface area (Å²) in [7, 11) is 4.61. The summed E-state index contributed by atoms with van der Waals surface area (Å²) < 4.78 is 0. The van der Waals surface area contributed by atoms with Crippen molar-refractivity contribution in [3.8, 4) is 6.07 Å². The van der Waals surface area contributed by atoms with E-state index in [4.69, 9.17) is 5.26 Å². The average molecular weight is 334 g/mol. The van der Waals surface area contributed by atoms with Crippen molar-refractivity contribution in [3.63, 3.8) is 0 Å². The molecule has 0 unspecified atom stereocenters. The molecular weight excluding hydrogens is 329 g/mol. The van der Waals surface area contributed by atoms with E-state index in [0.717, 1.165) is 0 Å². The van der Waals surface area contributed by atoms with E-state index in [1.54, 1.807) is 30.9 Å². The molecule has 0 atom stereocenters. The first-order chi connectivity index (χ1) is 4.93. The van der Waals surface area contributed by atoms with Gasteiger partial charge in [-0.15, -0.1) is 0 Å². The predicted molar refractivity (Wildman–Crippen MR) is 37.0 cm³/mol. The Morgan fingerprint density at radius 1 is 1.20 bits per heavy atom. The van der Waals surface area contributed by atoms with E-state index in [2.05, 4.69) is 9.42 Å². The molecule has 3 heteroatoms. The third kappa shape index (κ3) is 3.66. The van der Waals surface area contributed by atoms with Crippen LogP contribution in [0.5, 0.6) is 0 Å². The van der Waals surface area contributed by atoms with Gasteiger partial charge in [0.25, 0.3) is 0 Å². The fourth-order valence-corrected chi connectivity index (χ4v) is 0.513. The second kappa shape index (κ2) is 6.80. The number of nitrogens with zero attached hydrogens (tertiary/aromatic N) is 1. The van der Waals surface area contributed by atoms with E-state index >= 15 is 0 Å². The van der Waals surface area contributed by atoms with E-state index in [1.807, 2.05) is 24.3 Å². The Labute approximate surface area is 75.4 Å². The molecule has 10 heavy (non-hydrogen) atoms. The SMILES string of the molecule is N#Cc1ccccc1.[Cl][Pt]. The van der Waals surface area contributed by atoms with Gasteiger partial charge in [-0.2, -0.15) is 5.26 Å². The van der Waals surface area contributed by atoms with Crippen LogP contribution < -0.4 is 0 Å². The maximum absolute atomic E-state index is 8.29. The molecule has 0 aliphatic carbocycles. The van der Waals surface area contributed by atoms with Gasteiger partial charge in [-0.1, -0.05) is 18.2 Å². The quantitative estimate of drug-likeness (QED) is 0.714. The molecule has 0 aliphatic heterocycles. The van der Waals surface area contributed by atoms with Crippen LogP contribution in [-0.2, 0) is 18.8 Å². The Bertz CT molecular complexity index is 205. The van der Waals surface area contributed by atoms with Crippen LogP contribution in [0.1, 0.15) is 5.56 Å². The van der Waals surface area contributed by atoms with Crippen LogP contribution in [0.3, 0.4) is 0 Å². The number of halogens is 1. The topological polar surface area (TPSA) is 23.8 Å². The fraction of sp³-hybridized carbons (Fsp3) is 0. The van der Waals surface area contributed by atoms with Gasteiger partial charge in [-0.3, -0.25) is 0 Å². The normalized spacial score (nSPS) is 7.00. The minimum atomic E-state index is 0.715. The molecule has 1 rings (SSSR count). The molecule has 0 amide bonds. The average Bonchev–Trinajstić information content (AvgIpc) is 2.10. The van der Waals surface area contributed by atoms with Crippen molar-refractivity contribution in [1.82, 2.24) is 0 Å². The van der Waals surface area contributed by atoms with Crippen LogP contribution in [0.15, 0.2) is 30.3 Å². The van der Waals surface area contributed by atoms with Crippen molar-refractivity contribution in [2.24, 2.45) is 0 Å². The summed E-state index contributed by atoms with van der Waals surface area (Å²) in [6, 6.07) is 11.2. The molecule has 0 fully saturated rings. The Balaban J connectivity index is 0.000000371. The van der Waals surface area contributed by atoms with Gasteiger partial charge < -0.3 is 0 Å². The molecule has 1 aromatic rings. The number of hydrogen-bond acceptors (Lipinski definition) is 1. The maximum atomic E-state index is 8.29. The third-order valence-electron chi connectivity index (χ3n) is 0.903. The number of rotatable bonds is 0. The molecule has 0 bridgehead atoms. The number of hydrogen-bond donors (Lipinski definition) is 0. The van der Waals surface area contributed by atoms with Crippen molar-refractivity contribution >= 4 is 9.42 Å². The second-order valence-corrected chi connectivity index (χ2v) is 1.48. The molecule has 55 valence electrons. The zero-order valence-corrected chi connectivity index (χ0v) is 8.06. The summed E-state index contributed by atoms with van der Waals surface area (Å²) >= 11 is 1.61. The molecule has 0 aliphatic rings. The molecule has 1 nitrogen and oxygen atoms in total. The molecule has 0 radical (unpaired) electrons. The molecule has 0 N–H and O–H groups in total. The molecule has 1 aromatic carbocycles. The van der Waals surface area contributed by atoms with Crippen LogP contribution >= 0.6 is 9.42 Å². The molecule has 0 saturated carbocycles. The summed E-state index contributed by atoms with van der Waals surface area (Å²) in [5.41, 5.74) is 0.715. The number of nitriles is 1. The Hall–Kier alpha value is -0.312. The van der Waals surface area contributed by atoms with Gasteiger partial charge in [-0.25, -0.2) is 0 Å². The second-order valence-electron chi connectivity index (χ2n) is 1.48. The van der Waals surface area contributed by atoms with E-state index in [9.17, 15) is 0 Å². The van der Waals surface area contributed by atoms with Crippen LogP contribution in [-0.4, -0.2) is 0 Å². The van der Waals surface area contributed by atoms with Crippen molar-refractivity contribution in [1.29, 1.82) is 5.26 Å². The Kier molecular flexibility index (Phi) is 6.59. The molecule has 0 heterocycles. The van der Waals surface area contributed by atoms with Crippen LogP contribution in [0, 0.1) is 11.3 Å². The summed E-state index contributed by atoms with van der Waals surface area (Å²) in [5.74, 6) is 0. The third-order valence-corrected chi connectivity index (χ3v) is 0.903. The first kappa shape index (κ1) is 9.69. The van der Waals surface area contributed by atoms with Crippen molar-refractivity contribution in [2.45, 2.75) is 0 Å². The van der Waals surface area contributed by atoms with Gasteiger partial charge in [0.05, 0.1) is 11.6 Å². The van der Waals surface area contributed by atoms with Gasteiger partial charge >= 0.3 is 28.2 Å². The Morgan fingerprint density at radius 2 is 1.70 bits per heavy atom. The van der Waals surface area contributed by atoms with E-state index in [1.165, 1.54) is 0 Å². The van der Waals surface area contributed by atoms with E-state index in [0.29, 0.717) is 5.56 Å². The van der Waals surface area contributed by atoms with Crippen molar-refractivity contribution < 1.29 is 18.8 Å². The van der Waals surface area contributed by atoms with Gasteiger partial charge in [0.15, 0.2) is 0 Å². The van der Waals surface area contributed by atoms with Crippen molar-refractivity contribution in [3.05, 3.63) is 35.9 Å². The fourth-order valence-electron chi connectivity index (χ4n) is 0.513. The van der Waals surface area contributed by atoms with Crippen LogP contribution in [0.2, 0.25) is 0 Å². The standard InChI is InChI=1S/C7H5N.ClH.Pt/c8-6-7-4-2-1-3-5-7;;/h1-5H;1H;/q;;+1/p-1. The van der Waals surface area contributed by atoms with Gasteiger partial charge in [0.1, 0.15) is 0 Å². The van der Waals surface area contributed by atoms with Gasteiger partial charge in [-0.05, 0) is 12.1 Å². The predicted octanol–water partition coefficient (Wildman–Crippen LogP) is 2.25. The summed E-state index contributed by atoms with van der Waals surface area (Å²) in [6.45, 7) is 0. The number of benzene rings is 1. The van der Waals surface area contributed by atoms with Crippen LogP contribution in [0.4, 0.5) is 0 Å². The summed E-state index contributed by atoms with van der Waals surface area (Å²) in [6.07, 6.45) is 0. The molecule has 0 spiro atoms. The zero-order valence-electron chi connectivity index (χ0n) is 5.03. The summed E-state index contributed by atoms with van der Waals surface area (Å²) in [4.78, 5) is 0. The minimum absolute atomic E-state index is 0.715. The van der Waals surface area contributed by atoms with E-state index < -0.39 is 0 Å². The first-order valence-corrected chi connectivity index (χ1v) is 5.32. The van der Waals surface area contributed by atoms with Crippen LogP contribution in [0.25, 0.3) is 0 Å². The van der Waals surface area contributed by atoms with E-state index in [-0.39, 0.29) is 0 Å². The van der Waals surface area contributed by atoms with Crippen molar-refractivity contribution in [2.75, 3.05) is 0 Å². The molecule has 0 saturated heterocycles. The molecular formula is C7H5ClNPt. The summed E-state index contributed by atoms with van der Waals surface area (Å²) in [5, 5.41) is 8.29. The Morgan fingerprint density at radius 3 is 2.00 bits per heavy atom. The van der Waals surface area contributed by atoms with Gasteiger partial charge in [0.2, 0.25) is 0 Å². The zero-order chi connectivity index (χ0) is 7.82. The monoisotopic (exact) mass is 333 g/mol. The molecule has 0 aromatic heterocycles. The van der Waals surface area contributed by atoms with Gasteiger partial charge in [0, 0.05) is 0 Å².